The average molecular weight is 393 g/mol. The third-order valence-electron chi connectivity index (χ3n) is 4.14. The highest BCUT2D eigenvalue weighted by atomic mass is 32.2. The number of hydrogen-bond donors (Lipinski definition) is 2. The van der Waals surface area contributed by atoms with Gasteiger partial charge >= 0.3 is 0 Å². The molecule has 0 radical (unpaired) electrons. The number of aromatic nitrogens is 4. The van der Waals surface area contributed by atoms with Gasteiger partial charge in [-0.05, 0) is 38.1 Å². The fraction of sp³-hybridized carbons (Fsp3) is 0.200. The molecular formula is C20H19N5O2S. The van der Waals surface area contributed by atoms with Crippen molar-refractivity contribution in [2.45, 2.75) is 19.0 Å². The van der Waals surface area contributed by atoms with E-state index in [0.29, 0.717) is 28.8 Å². The molecule has 0 fully saturated rings. The van der Waals surface area contributed by atoms with Crippen LogP contribution in [0, 0.1) is 6.92 Å². The summed E-state index contributed by atoms with van der Waals surface area (Å²) in [5, 5.41) is 12.8. The molecule has 0 atom stereocenters. The third-order valence-corrected chi connectivity index (χ3v) is 4.98. The molecule has 8 heteroatoms. The van der Waals surface area contributed by atoms with Crippen molar-refractivity contribution >= 4 is 45.4 Å². The molecule has 4 rings (SSSR count). The van der Waals surface area contributed by atoms with Crippen molar-refractivity contribution in [1.82, 2.24) is 20.2 Å². The van der Waals surface area contributed by atoms with Crippen LogP contribution in [0.25, 0.3) is 22.1 Å². The third kappa shape index (κ3) is 3.77. The van der Waals surface area contributed by atoms with Crippen LogP contribution in [0.5, 0.6) is 5.75 Å². The molecule has 2 N–H and O–H groups in total. The molecule has 0 aliphatic heterocycles. The second kappa shape index (κ2) is 7.85. The number of aromatic amines is 1. The van der Waals surface area contributed by atoms with Gasteiger partial charge in [0.2, 0.25) is 11.1 Å². The van der Waals surface area contributed by atoms with Gasteiger partial charge in [0.1, 0.15) is 11.3 Å². The number of nitrogens with one attached hydrogen (secondary N) is 2. The lowest BCUT2D eigenvalue weighted by atomic mass is 10.2. The summed E-state index contributed by atoms with van der Waals surface area (Å²) >= 11 is 1.24. The SMILES string of the molecule is CCOc1ccccc1NC(=O)CSc1nnc2c(n1)[nH]c1ccc(C)cc12. The Kier molecular flexibility index (Phi) is 5.12. The molecule has 7 nitrogen and oxygen atoms in total. The number of fused-ring (bicyclic) bond motifs is 3. The number of benzene rings is 2. The van der Waals surface area contributed by atoms with Crippen molar-refractivity contribution < 1.29 is 9.53 Å². The van der Waals surface area contributed by atoms with Crippen LogP contribution in [-0.2, 0) is 4.79 Å². The Morgan fingerprint density at radius 2 is 2.07 bits per heavy atom. The molecule has 0 aliphatic carbocycles. The summed E-state index contributed by atoms with van der Waals surface area (Å²) in [4.78, 5) is 20.1. The Morgan fingerprint density at radius 3 is 2.93 bits per heavy atom. The Morgan fingerprint density at radius 1 is 1.21 bits per heavy atom. The second-order valence-corrected chi connectivity index (χ2v) is 7.17. The minimum atomic E-state index is -0.159. The van der Waals surface area contributed by atoms with Gasteiger partial charge in [-0.2, -0.15) is 0 Å². The summed E-state index contributed by atoms with van der Waals surface area (Å²) in [5.74, 6) is 0.664. The first-order valence-corrected chi connectivity index (χ1v) is 9.90. The van der Waals surface area contributed by atoms with Crippen LogP contribution in [-0.4, -0.2) is 38.4 Å². The smallest absolute Gasteiger partial charge is 0.234 e. The first-order chi connectivity index (χ1) is 13.6. The highest BCUT2D eigenvalue weighted by Gasteiger charge is 2.12. The Labute approximate surface area is 165 Å². The number of amides is 1. The second-order valence-electron chi connectivity index (χ2n) is 6.23. The number of ether oxygens (including phenoxy) is 1. The first-order valence-electron chi connectivity index (χ1n) is 8.91. The number of carbonyl (C=O) groups excluding carboxylic acids is 1. The minimum Gasteiger partial charge on any atom is -0.492 e. The van der Waals surface area contributed by atoms with E-state index < -0.39 is 0 Å². The molecule has 2 aromatic heterocycles. The number of anilines is 1. The number of hydrogen-bond acceptors (Lipinski definition) is 6. The molecule has 4 aromatic rings. The summed E-state index contributed by atoms with van der Waals surface area (Å²) in [6, 6.07) is 13.4. The summed E-state index contributed by atoms with van der Waals surface area (Å²) < 4.78 is 5.53. The molecule has 2 heterocycles. The minimum absolute atomic E-state index is 0.159. The van der Waals surface area contributed by atoms with Gasteiger partial charge in [-0.25, -0.2) is 4.98 Å². The quantitative estimate of drug-likeness (QED) is 0.482. The molecule has 0 aliphatic rings. The van der Waals surface area contributed by atoms with Crippen LogP contribution >= 0.6 is 11.8 Å². The normalized spacial score (nSPS) is 11.1. The van der Waals surface area contributed by atoms with Crippen molar-refractivity contribution in [3.05, 3.63) is 48.0 Å². The lowest BCUT2D eigenvalue weighted by Crippen LogP contribution is -2.15. The van der Waals surface area contributed by atoms with Gasteiger partial charge in [-0.1, -0.05) is 35.5 Å². The van der Waals surface area contributed by atoms with E-state index >= 15 is 0 Å². The van der Waals surface area contributed by atoms with Crippen molar-refractivity contribution in [2.75, 3.05) is 17.7 Å². The first kappa shape index (κ1) is 18.2. The van der Waals surface area contributed by atoms with Crippen LogP contribution in [0.3, 0.4) is 0 Å². The maximum absolute atomic E-state index is 12.3. The van der Waals surface area contributed by atoms with E-state index in [-0.39, 0.29) is 11.7 Å². The number of rotatable bonds is 6. The van der Waals surface area contributed by atoms with Crippen molar-refractivity contribution in [1.29, 1.82) is 0 Å². The van der Waals surface area contributed by atoms with Crippen molar-refractivity contribution in [2.24, 2.45) is 0 Å². The highest BCUT2D eigenvalue weighted by molar-refractivity contribution is 7.99. The maximum Gasteiger partial charge on any atom is 0.234 e. The van der Waals surface area contributed by atoms with Gasteiger partial charge < -0.3 is 15.0 Å². The van der Waals surface area contributed by atoms with E-state index in [9.17, 15) is 4.79 Å². The largest absolute Gasteiger partial charge is 0.492 e. The topological polar surface area (TPSA) is 92.8 Å². The Balaban J connectivity index is 1.46. The van der Waals surface area contributed by atoms with Crippen LogP contribution in [0.1, 0.15) is 12.5 Å². The van der Waals surface area contributed by atoms with Gasteiger partial charge in [0.25, 0.3) is 0 Å². The van der Waals surface area contributed by atoms with E-state index in [4.69, 9.17) is 4.74 Å². The number of H-pyrrole nitrogens is 1. The van der Waals surface area contributed by atoms with Crippen LogP contribution < -0.4 is 10.1 Å². The average Bonchev–Trinajstić information content (AvgIpc) is 3.05. The summed E-state index contributed by atoms with van der Waals surface area (Å²) in [7, 11) is 0. The van der Waals surface area contributed by atoms with Gasteiger partial charge in [0.05, 0.1) is 18.0 Å². The predicted molar refractivity (Wildman–Crippen MR) is 111 cm³/mol. The predicted octanol–water partition coefficient (Wildman–Crippen LogP) is 3.94. The van der Waals surface area contributed by atoms with E-state index in [2.05, 4.69) is 31.5 Å². The number of para-hydroxylation sites is 2. The Hall–Kier alpha value is -3.13. The maximum atomic E-state index is 12.3. The van der Waals surface area contributed by atoms with Gasteiger partial charge in [0.15, 0.2) is 5.65 Å². The monoisotopic (exact) mass is 393 g/mol. The van der Waals surface area contributed by atoms with Crippen molar-refractivity contribution in [3.63, 3.8) is 0 Å². The number of nitrogens with zero attached hydrogens (tertiary/aromatic N) is 3. The zero-order valence-corrected chi connectivity index (χ0v) is 16.3. The molecule has 0 saturated carbocycles. The molecule has 0 unspecified atom stereocenters. The zero-order valence-electron chi connectivity index (χ0n) is 15.5. The lowest BCUT2D eigenvalue weighted by Gasteiger charge is -2.10. The van der Waals surface area contributed by atoms with Gasteiger partial charge in [-0.15, -0.1) is 10.2 Å². The van der Waals surface area contributed by atoms with Crippen LogP contribution in [0.2, 0.25) is 0 Å². The van der Waals surface area contributed by atoms with E-state index in [1.165, 1.54) is 11.8 Å². The number of thioether (sulfide) groups is 1. The summed E-state index contributed by atoms with van der Waals surface area (Å²) in [6.07, 6.45) is 0. The van der Waals surface area contributed by atoms with E-state index in [1.807, 2.05) is 50.2 Å². The fourth-order valence-corrected chi connectivity index (χ4v) is 3.49. The fourth-order valence-electron chi connectivity index (χ4n) is 2.90. The molecule has 142 valence electrons. The van der Waals surface area contributed by atoms with E-state index in [0.717, 1.165) is 22.0 Å². The highest BCUT2D eigenvalue weighted by Crippen LogP contribution is 2.26. The van der Waals surface area contributed by atoms with Crippen LogP contribution in [0.15, 0.2) is 47.6 Å². The van der Waals surface area contributed by atoms with Gasteiger partial charge in [0, 0.05) is 10.9 Å². The molecule has 2 aromatic carbocycles. The molecule has 0 spiro atoms. The molecular weight excluding hydrogens is 374 g/mol. The Bertz CT molecular complexity index is 1160. The molecule has 0 bridgehead atoms. The standard InChI is InChI=1S/C20H19N5O2S/c1-3-27-16-7-5-4-6-15(16)21-17(26)11-28-20-23-19-18(24-25-20)13-10-12(2)8-9-14(13)22-19/h4-10H,3,11H2,1-2H3,(H,21,26)(H,22,23,25). The van der Waals surface area contributed by atoms with Crippen LogP contribution in [0.4, 0.5) is 5.69 Å². The zero-order chi connectivity index (χ0) is 19.5. The van der Waals surface area contributed by atoms with E-state index in [1.54, 1.807) is 0 Å². The number of carbonyl (C=O) groups is 1. The number of aryl methyl sites for hydroxylation is 1. The lowest BCUT2D eigenvalue weighted by molar-refractivity contribution is -0.113. The molecule has 1 amide bonds. The van der Waals surface area contributed by atoms with Gasteiger partial charge in [-0.3, -0.25) is 4.79 Å². The summed E-state index contributed by atoms with van der Waals surface area (Å²) in [5.41, 5.74) is 4.17. The van der Waals surface area contributed by atoms with Crippen molar-refractivity contribution in [3.8, 4) is 5.75 Å². The summed E-state index contributed by atoms with van der Waals surface area (Å²) in [6.45, 7) is 4.47. The molecule has 0 saturated heterocycles. The molecule has 28 heavy (non-hydrogen) atoms.